The number of hydrogen-bond acceptors (Lipinski definition) is 6. The molecule has 4 aromatic rings. The van der Waals surface area contributed by atoms with Crippen molar-refractivity contribution in [1.82, 2.24) is 14.9 Å². The van der Waals surface area contributed by atoms with Crippen LogP contribution in [-0.2, 0) is 4.74 Å². The van der Waals surface area contributed by atoms with Crippen LogP contribution in [0.3, 0.4) is 0 Å². The van der Waals surface area contributed by atoms with Gasteiger partial charge in [-0.25, -0.2) is 9.78 Å². The number of phenols is 1. The number of piperazine rings is 1. The normalized spacial score (nSPS) is 14.9. The Hall–Kier alpha value is -3.58. The molecule has 0 spiro atoms. The van der Waals surface area contributed by atoms with Gasteiger partial charge in [0.05, 0.1) is 34.9 Å². The fourth-order valence-corrected chi connectivity index (χ4v) is 4.34. The summed E-state index contributed by atoms with van der Waals surface area (Å²) in [5.41, 5.74) is 6.17. The zero-order valence-corrected chi connectivity index (χ0v) is 18.5. The molecule has 1 aliphatic heterocycles. The second-order valence-electron chi connectivity index (χ2n) is 8.42. The first-order valence-corrected chi connectivity index (χ1v) is 10.7. The summed E-state index contributed by atoms with van der Waals surface area (Å²) < 4.78 is 5.06. The molecule has 2 N–H and O–H groups in total. The summed E-state index contributed by atoms with van der Waals surface area (Å²) >= 11 is 0. The smallest absolute Gasteiger partial charge is 0.340 e. The van der Waals surface area contributed by atoms with Crippen molar-refractivity contribution in [2.45, 2.75) is 6.92 Å². The largest absolute Gasteiger partial charge is 0.508 e. The minimum absolute atomic E-state index is 0.228. The van der Waals surface area contributed by atoms with E-state index in [4.69, 9.17) is 9.72 Å². The quantitative estimate of drug-likeness (QED) is 0.479. The van der Waals surface area contributed by atoms with Crippen molar-refractivity contribution < 1.29 is 14.6 Å². The van der Waals surface area contributed by atoms with Crippen molar-refractivity contribution in [3.8, 4) is 17.0 Å². The number of H-pyrrole nitrogens is 1. The van der Waals surface area contributed by atoms with E-state index in [1.165, 1.54) is 7.11 Å². The molecule has 3 heterocycles. The molecule has 5 rings (SSSR count). The Morgan fingerprint density at radius 3 is 2.59 bits per heavy atom. The molecule has 1 fully saturated rings. The molecule has 0 unspecified atom stereocenters. The van der Waals surface area contributed by atoms with E-state index in [-0.39, 0.29) is 5.75 Å². The highest BCUT2D eigenvalue weighted by molar-refractivity contribution is 6.13. The van der Waals surface area contributed by atoms with E-state index < -0.39 is 5.97 Å². The monoisotopic (exact) mass is 430 g/mol. The van der Waals surface area contributed by atoms with Gasteiger partial charge in [-0.05, 0) is 62.0 Å². The minimum atomic E-state index is -0.417. The van der Waals surface area contributed by atoms with Crippen LogP contribution in [0.15, 0.2) is 42.5 Å². The van der Waals surface area contributed by atoms with Gasteiger partial charge < -0.3 is 24.6 Å². The highest BCUT2D eigenvalue weighted by Crippen LogP contribution is 2.33. The van der Waals surface area contributed by atoms with Crippen molar-refractivity contribution in [2.24, 2.45) is 0 Å². The molecule has 0 aliphatic carbocycles. The highest BCUT2D eigenvalue weighted by atomic mass is 16.5. The summed E-state index contributed by atoms with van der Waals surface area (Å²) in [7, 11) is 3.53. The summed E-state index contributed by atoms with van der Waals surface area (Å²) in [4.78, 5) is 25.6. The van der Waals surface area contributed by atoms with Gasteiger partial charge in [0, 0.05) is 42.8 Å². The number of pyridine rings is 1. The van der Waals surface area contributed by atoms with Gasteiger partial charge in [0.25, 0.3) is 0 Å². The SMILES string of the molecule is COC(=O)c1cc(-c2ccc(O)c(C)c2)nc2c1[nH]c1cc(N3CCN(C)CC3)ccc12. The Balaban J connectivity index is 1.67. The van der Waals surface area contributed by atoms with E-state index in [0.29, 0.717) is 16.8 Å². The number of aryl methyl sites for hydroxylation is 1. The second kappa shape index (κ2) is 7.84. The van der Waals surface area contributed by atoms with Crippen LogP contribution in [0.2, 0.25) is 0 Å². The molecule has 0 saturated carbocycles. The van der Waals surface area contributed by atoms with Crippen LogP contribution >= 0.6 is 0 Å². The number of fused-ring (bicyclic) bond motifs is 3. The third-order valence-electron chi connectivity index (χ3n) is 6.30. The first kappa shape index (κ1) is 20.3. The number of carbonyl (C=O) groups excluding carboxylic acids is 1. The number of carbonyl (C=O) groups is 1. The summed E-state index contributed by atoms with van der Waals surface area (Å²) in [6.45, 7) is 5.88. The van der Waals surface area contributed by atoms with Gasteiger partial charge in [-0.1, -0.05) is 0 Å². The molecular formula is C25H26N4O3. The van der Waals surface area contributed by atoms with Gasteiger partial charge in [-0.15, -0.1) is 0 Å². The number of phenolic OH excluding ortho intramolecular Hbond substituents is 1. The van der Waals surface area contributed by atoms with Crippen LogP contribution in [0.1, 0.15) is 15.9 Å². The molecule has 2 aromatic heterocycles. The van der Waals surface area contributed by atoms with Crippen LogP contribution in [0.4, 0.5) is 5.69 Å². The van der Waals surface area contributed by atoms with Crippen molar-refractivity contribution >= 4 is 33.6 Å². The van der Waals surface area contributed by atoms with E-state index in [1.54, 1.807) is 18.2 Å². The number of anilines is 1. The van der Waals surface area contributed by atoms with Gasteiger partial charge in [0.15, 0.2) is 0 Å². The van der Waals surface area contributed by atoms with E-state index in [1.807, 2.05) is 13.0 Å². The first-order valence-electron chi connectivity index (χ1n) is 10.7. The van der Waals surface area contributed by atoms with Gasteiger partial charge >= 0.3 is 5.97 Å². The number of nitrogens with zero attached hydrogens (tertiary/aromatic N) is 3. The second-order valence-corrected chi connectivity index (χ2v) is 8.42. The predicted octanol–water partition coefficient (Wildman–Crippen LogP) is 3.94. The van der Waals surface area contributed by atoms with Gasteiger partial charge in [0.2, 0.25) is 0 Å². The standard InChI is InChI=1S/C25H26N4O3/c1-15-12-16(4-7-22(15)30)20-14-19(25(31)32-3)24-23(26-20)18-6-5-17(13-21(18)27-24)29-10-8-28(2)9-11-29/h4-7,12-14,27,30H,8-11H2,1-3H3. The van der Waals surface area contributed by atoms with Crippen molar-refractivity contribution in [1.29, 1.82) is 0 Å². The molecule has 0 bridgehead atoms. The van der Waals surface area contributed by atoms with Crippen LogP contribution in [0.5, 0.6) is 5.75 Å². The van der Waals surface area contributed by atoms with E-state index >= 15 is 0 Å². The van der Waals surface area contributed by atoms with Crippen molar-refractivity contribution in [3.63, 3.8) is 0 Å². The summed E-state index contributed by atoms with van der Waals surface area (Å²) in [6.07, 6.45) is 0. The zero-order valence-electron chi connectivity index (χ0n) is 18.5. The molecule has 7 nitrogen and oxygen atoms in total. The van der Waals surface area contributed by atoms with Gasteiger partial charge in [-0.2, -0.15) is 0 Å². The summed E-state index contributed by atoms with van der Waals surface area (Å²) in [5.74, 6) is -0.188. The zero-order chi connectivity index (χ0) is 22.4. The molecule has 0 atom stereocenters. The average Bonchev–Trinajstić information content (AvgIpc) is 3.18. The minimum Gasteiger partial charge on any atom is -0.508 e. The number of benzene rings is 2. The first-order chi connectivity index (χ1) is 15.4. The number of nitrogens with one attached hydrogen (secondary N) is 1. The Morgan fingerprint density at radius 1 is 1.09 bits per heavy atom. The fourth-order valence-electron chi connectivity index (χ4n) is 4.34. The third-order valence-corrected chi connectivity index (χ3v) is 6.30. The Labute approximate surface area is 186 Å². The third kappa shape index (κ3) is 3.44. The lowest BCUT2D eigenvalue weighted by molar-refractivity contribution is 0.0602. The topological polar surface area (TPSA) is 81.7 Å². The number of esters is 1. The van der Waals surface area contributed by atoms with E-state index in [0.717, 1.165) is 59.4 Å². The maximum absolute atomic E-state index is 12.6. The number of methoxy groups -OCH3 is 1. The maximum atomic E-state index is 12.6. The molecule has 1 aliphatic rings. The van der Waals surface area contributed by atoms with Crippen molar-refractivity contribution in [3.05, 3.63) is 53.6 Å². The molecule has 32 heavy (non-hydrogen) atoms. The molecular weight excluding hydrogens is 404 g/mol. The summed E-state index contributed by atoms with van der Waals surface area (Å²) in [5, 5.41) is 10.9. The van der Waals surface area contributed by atoms with Gasteiger partial charge in [0.1, 0.15) is 5.75 Å². The van der Waals surface area contributed by atoms with E-state index in [2.05, 4.69) is 40.0 Å². The molecule has 7 heteroatoms. The Morgan fingerprint density at radius 2 is 1.88 bits per heavy atom. The summed E-state index contributed by atoms with van der Waals surface area (Å²) in [6, 6.07) is 13.4. The lowest BCUT2D eigenvalue weighted by Crippen LogP contribution is -2.44. The fraction of sp³-hybridized carbons (Fsp3) is 0.280. The number of aromatic amines is 1. The van der Waals surface area contributed by atoms with E-state index in [9.17, 15) is 9.90 Å². The number of likely N-dealkylation sites (N-methyl/N-ethyl adjacent to an activating group) is 1. The molecule has 164 valence electrons. The lowest BCUT2D eigenvalue weighted by atomic mass is 10.0. The average molecular weight is 431 g/mol. The van der Waals surface area contributed by atoms with Gasteiger partial charge in [-0.3, -0.25) is 0 Å². The lowest BCUT2D eigenvalue weighted by Gasteiger charge is -2.34. The molecule has 0 radical (unpaired) electrons. The maximum Gasteiger partial charge on any atom is 0.340 e. The van der Waals surface area contributed by atoms with Crippen LogP contribution in [0, 0.1) is 6.92 Å². The Bertz CT molecular complexity index is 1340. The number of rotatable bonds is 3. The van der Waals surface area contributed by atoms with Crippen molar-refractivity contribution in [2.75, 3.05) is 45.2 Å². The molecule has 0 amide bonds. The van der Waals surface area contributed by atoms with Crippen LogP contribution < -0.4 is 4.90 Å². The molecule has 1 saturated heterocycles. The number of aromatic hydroxyl groups is 1. The van der Waals surface area contributed by atoms with Crippen LogP contribution in [-0.4, -0.2) is 66.3 Å². The number of aromatic nitrogens is 2. The molecule has 2 aromatic carbocycles. The predicted molar refractivity (Wildman–Crippen MR) is 126 cm³/mol. The highest BCUT2D eigenvalue weighted by Gasteiger charge is 2.20. The Kier molecular flexibility index (Phi) is 4.98. The number of hydrogen-bond donors (Lipinski definition) is 2. The number of ether oxygens (including phenoxy) is 1. The van der Waals surface area contributed by atoms with Crippen LogP contribution in [0.25, 0.3) is 33.2 Å².